The fraction of sp³-hybridized carbons (Fsp3) is 0.500. The Morgan fingerprint density at radius 2 is 2.21 bits per heavy atom. The lowest BCUT2D eigenvalue weighted by atomic mass is 9.87. The van der Waals surface area contributed by atoms with Gasteiger partial charge in [-0.05, 0) is 50.4 Å². The number of halogens is 1. The predicted octanol–water partition coefficient (Wildman–Crippen LogP) is 3.36. The summed E-state index contributed by atoms with van der Waals surface area (Å²) in [5.41, 5.74) is 2.99. The first-order valence-corrected chi connectivity index (χ1v) is 5.93. The number of hydrogen-bond donors (Lipinski definition) is 1. The highest BCUT2D eigenvalue weighted by atomic mass is 79.9. The molecule has 1 aliphatic heterocycles. The smallest absolute Gasteiger partial charge is 0.0409 e. The lowest BCUT2D eigenvalue weighted by Crippen LogP contribution is -2.33. The summed E-state index contributed by atoms with van der Waals surface area (Å²) in [6, 6.07) is 6.47. The summed E-state index contributed by atoms with van der Waals surface area (Å²) in [4.78, 5) is 0. The van der Waals surface area contributed by atoms with Crippen LogP contribution in [-0.4, -0.2) is 6.54 Å². The zero-order valence-corrected chi connectivity index (χ0v) is 10.3. The van der Waals surface area contributed by atoms with Gasteiger partial charge in [0.15, 0.2) is 0 Å². The van der Waals surface area contributed by atoms with Crippen LogP contribution in [0.4, 0.5) is 0 Å². The van der Waals surface area contributed by atoms with Crippen molar-refractivity contribution in [1.82, 2.24) is 5.32 Å². The highest BCUT2D eigenvalue weighted by Crippen LogP contribution is 2.34. The maximum atomic E-state index is 3.60. The molecule has 2 heteroatoms. The highest BCUT2D eigenvalue weighted by Gasteiger charge is 2.31. The Bertz CT molecular complexity index is 340. The van der Waals surface area contributed by atoms with Gasteiger partial charge in [0.05, 0.1) is 0 Å². The molecule has 1 N–H and O–H groups in total. The van der Waals surface area contributed by atoms with Crippen LogP contribution in [-0.2, 0) is 5.54 Å². The fourth-order valence-electron chi connectivity index (χ4n) is 2.33. The Hall–Kier alpha value is -0.340. The van der Waals surface area contributed by atoms with Gasteiger partial charge in [-0.3, -0.25) is 0 Å². The molecule has 1 aromatic carbocycles. The Morgan fingerprint density at radius 1 is 1.43 bits per heavy atom. The molecular weight excluding hydrogens is 238 g/mol. The van der Waals surface area contributed by atoms with Gasteiger partial charge in [-0.15, -0.1) is 0 Å². The summed E-state index contributed by atoms with van der Waals surface area (Å²) in [6.07, 6.45) is 2.52. The lowest BCUT2D eigenvalue weighted by Gasteiger charge is -2.27. The minimum Gasteiger partial charge on any atom is -0.308 e. The normalized spacial score (nSPS) is 26.8. The van der Waals surface area contributed by atoms with Crippen LogP contribution in [0.15, 0.2) is 22.7 Å². The van der Waals surface area contributed by atoms with Crippen LogP contribution in [0.3, 0.4) is 0 Å². The minimum absolute atomic E-state index is 0.188. The summed E-state index contributed by atoms with van der Waals surface area (Å²) >= 11 is 3.59. The van der Waals surface area contributed by atoms with Crippen molar-refractivity contribution in [3.05, 3.63) is 33.8 Å². The first-order valence-electron chi connectivity index (χ1n) is 5.14. The summed E-state index contributed by atoms with van der Waals surface area (Å²) in [5.74, 6) is 0. The first-order chi connectivity index (χ1) is 6.63. The van der Waals surface area contributed by atoms with Crippen LogP contribution in [0.25, 0.3) is 0 Å². The van der Waals surface area contributed by atoms with Crippen LogP contribution in [0.5, 0.6) is 0 Å². The van der Waals surface area contributed by atoms with E-state index in [1.54, 1.807) is 0 Å². The molecule has 14 heavy (non-hydrogen) atoms. The molecule has 76 valence electrons. The van der Waals surface area contributed by atoms with Crippen LogP contribution in [0, 0.1) is 6.92 Å². The fourth-order valence-corrected chi connectivity index (χ4v) is 2.70. The van der Waals surface area contributed by atoms with Crippen molar-refractivity contribution in [1.29, 1.82) is 0 Å². The van der Waals surface area contributed by atoms with Gasteiger partial charge >= 0.3 is 0 Å². The molecule has 0 aliphatic carbocycles. The van der Waals surface area contributed by atoms with Crippen molar-refractivity contribution in [2.45, 2.75) is 32.2 Å². The monoisotopic (exact) mass is 253 g/mol. The SMILES string of the molecule is Cc1c(Br)cccc1C1(C)CCCN1. The van der Waals surface area contributed by atoms with E-state index in [-0.39, 0.29) is 5.54 Å². The molecule has 1 unspecified atom stereocenters. The molecule has 1 fully saturated rings. The van der Waals surface area contributed by atoms with Crippen LogP contribution in [0.1, 0.15) is 30.9 Å². The Labute approximate surface area is 94.0 Å². The van der Waals surface area contributed by atoms with E-state index in [4.69, 9.17) is 0 Å². The average Bonchev–Trinajstić information content (AvgIpc) is 2.58. The quantitative estimate of drug-likeness (QED) is 0.810. The Morgan fingerprint density at radius 3 is 2.86 bits per heavy atom. The summed E-state index contributed by atoms with van der Waals surface area (Å²) in [6.45, 7) is 5.63. The standard InChI is InChI=1S/C12H16BrN/c1-9-10(5-3-6-11(9)13)12(2)7-4-8-14-12/h3,5-6,14H,4,7-8H2,1-2H3. The van der Waals surface area contributed by atoms with E-state index in [9.17, 15) is 0 Å². The van der Waals surface area contributed by atoms with Crippen molar-refractivity contribution < 1.29 is 0 Å². The van der Waals surface area contributed by atoms with Crippen molar-refractivity contribution in [2.24, 2.45) is 0 Å². The molecule has 1 aliphatic rings. The van der Waals surface area contributed by atoms with Gasteiger partial charge in [0.25, 0.3) is 0 Å². The number of hydrogen-bond acceptors (Lipinski definition) is 1. The van der Waals surface area contributed by atoms with E-state index in [0.717, 1.165) is 6.54 Å². The van der Waals surface area contributed by atoms with Crippen LogP contribution in [0.2, 0.25) is 0 Å². The third kappa shape index (κ3) is 1.61. The van der Waals surface area contributed by atoms with E-state index in [1.807, 2.05) is 0 Å². The summed E-state index contributed by atoms with van der Waals surface area (Å²) in [7, 11) is 0. The second kappa shape index (κ2) is 3.67. The lowest BCUT2D eigenvalue weighted by molar-refractivity contribution is 0.432. The van der Waals surface area contributed by atoms with Crippen molar-refractivity contribution in [3.8, 4) is 0 Å². The molecule has 0 spiro atoms. The van der Waals surface area contributed by atoms with Gasteiger partial charge in [0, 0.05) is 10.0 Å². The zero-order chi connectivity index (χ0) is 10.2. The van der Waals surface area contributed by atoms with Crippen molar-refractivity contribution >= 4 is 15.9 Å². The third-order valence-electron chi connectivity index (χ3n) is 3.23. The van der Waals surface area contributed by atoms with Gasteiger partial charge in [-0.2, -0.15) is 0 Å². The maximum absolute atomic E-state index is 3.60. The highest BCUT2D eigenvalue weighted by molar-refractivity contribution is 9.10. The van der Waals surface area contributed by atoms with E-state index < -0.39 is 0 Å². The minimum atomic E-state index is 0.188. The molecule has 1 aromatic rings. The van der Waals surface area contributed by atoms with Gasteiger partial charge < -0.3 is 5.32 Å². The van der Waals surface area contributed by atoms with E-state index in [1.165, 1.54) is 28.4 Å². The number of rotatable bonds is 1. The van der Waals surface area contributed by atoms with Gasteiger partial charge in [-0.1, -0.05) is 28.1 Å². The van der Waals surface area contributed by atoms with Gasteiger partial charge in [0.1, 0.15) is 0 Å². The van der Waals surface area contributed by atoms with E-state index >= 15 is 0 Å². The largest absolute Gasteiger partial charge is 0.308 e. The average molecular weight is 254 g/mol. The topological polar surface area (TPSA) is 12.0 Å². The molecular formula is C12H16BrN. The number of nitrogens with one attached hydrogen (secondary N) is 1. The first kappa shape index (κ1) is 10.2. The van der Waals surface area contributed by atoms with E-state index in [0.29, 0.717) is 0 Å². The maximum Gasteiger partial charge on any atom is 0.0409 e. The van der Waals surface area contributed by atoms with Crippen molar-refractivity contribution in [2.75, 3.05) is 6.54 Å². The third-order valence-corrected chi connectivity index (χ3v) is 4.09. The molecule has 1 saturated heterocycles. The zero-order valence-electron chi connectivity index (χ0n) is 8.73. The van der Waals surface area contributed by atoms with Crippen LogP contribution >= 0.6 is 15.9 Å². The second-order valence-electron chi connectivity index (χ2n) is 4.27. The molecule has 2 rings (SSSR count). The number of benzene rings is 1. The molecule has 1 atom stereocenters. The van der Waals surface area contributed by atoms with Crippen LogP contribution < -0.4 is 5.32 Å². The van der Waals surface area contributed by atoms with E-state index in [2.05, 4.69) is 53.3 Å². The van der Waals surface area contributed by atoms with Crippen molar-refractivity contribution in [3.63, 3.8) is 0 Å². The molecule has 1 heterocycles. The molecule has 0 aromatic heterocycles. The second-order valence-corrected chi connectivity index (χ2v) is 5.13. The Kier molecular flexibility index (Phi) is 2.67. The predicted molar refractivity (Wildman–Crippen MR) is 63.5 cm³/mol. The molecule has 0 radical (unpaired) electrons. The molecule has 0 bridgehead atoms. The summed E-state index contributed by atoms with van der Waals surface area (Å²) in [5, 5.41) is 3.60. The van der Waals surface area contributed by atoms with Gasteiger partial charge in [-0.25, -0.2) is 0 Å². The van der Waals surface area contributed by atoms with Gasteiger partial charge in [0.2, 0.25) is 0 Å². The Balaban J connectivity index is 2.45. The molecule has 1 nitrogen and oxygen atoms in total. The summed E-state index contributed by atoms with van der Waals surface area (Å²) < 4.78 is 1.21. The molecule has 0 amide bonds. The molecule has 0 saturated carbocycles.